The molecule has 0 spiro atoms. The van der Waals surface area contributed by atoms with E-state index in [9.17, 15) is 4.79 Å². The molecule has 22 heavy (non-hydrogen) atoms. The number of hydrogen-bond acceptors (Lipinski definition) is 2. The first-order valence-corrected chi connectivity index (χ1v) is 7.39. The number of carbonyl (C=O) groups is 1. The predicted octanol–water partition coefficient (Wildman–Crippen LogP) is 3.79. The zero-order valence-corrected chi connectivity index (χ0v) is 13.4. The zero-order valence-electron chi connectivity index (χ0n) is 12.7. The van der Waals surface area contributed by atoms with Crippen molar-refractivity contribution in [3.63, 3.8) is 0 Å². The first kappa shape index (κ1) is 16.2. The number of rotatable bonds is 5. The van der Waals surface area contributed by atoms with E-state index in [1.807, 2.05) is 56.3 Å². The summed E-state index contributed by atoms with van der Waals surface area (Å²) in [5.41, 5.74) is 2.94. The summed E-state index contributed by atoms with van der Waals surface area (Å²) in [4.78, 5) is 11.7. The lowest BCUT2D eigenvalue weighted by atomic mass is 10.1. The molecule has 0 heterocycles. The van der Waals surface area contributed by atoms with Gasteiger partial charge in [-0.15, -0.1) is 0 Å². The molecule has 2 rings (SSSR count). The molecule has 0 aromatic heterocycles. The van der Waals surface area contributed by atoms with Gasteiger partial charge in [-0.05, 0) is 42.7 Å². The molecular formula is C17H19ClN2O2. The molecule has 0 atom stereocenters. The van der Waals surface area contributed by atoms with Crippen LogP contribution < -0.4 is 15.4 Å². The molecular weight excluding hydrogens is 300 g/mol. The highest BCUT2D eigenvalue weighted by atomic mass is 35.5. The van der Waals surface area contributed by atoms with Gasteiger partial charge in [0, 0.05) is 11.6 Å². The van der Waals surface area contributed by atoms with Crippen molar-refractivity contribution in [3.8, 4) is 5.75 Å². The smallest absolute Gasteiger partial charge is 0.317 e. The van der Waals surface area contributed by atoms with Crippen LogP contribution in [0.4, 0.5) is 4.79 Å². The molecule has 2 aromatic rings. The number of nitrogens with one attached hydrogen (secondary N) is 2. The zero-order chi connectivity index (χ0) is 15.9. The van der Waals surface area contributed by atoms with E-state index in [0.29, 0.717) is 12.3 Å². The van der Waals surface area contributed by atoms with Crippen LogP contribution in [-0.2, 0) is 6.54 Å². The van der Waals surface area contributed by atoms with E-state index >= 15 is 0 Å². The summed E-state index contributed by atoms with van der Waals surface area (Å²) in [7, 11) is 0. The van der Waals surface area contributed by atoms with Crippen molar-refractivity contribution in [2.24, 2.45) is 0 Å². The van der Waals surface area contributed by atoms with E-state index in [1.54, 1.807) is 0 Å². The van der Waals surface area contributed by atoms with E-state index in [0.717, 1.165) is 21.7 Å². The summed E-state index contributed by atoms with van der Waals surface area (Å²) >= 11 is 6.10. The van der Waals surface area contributed by atoms with Gasteiger partial charge in [-0.25, -0.2) is 4.79 Å². The van der Waals surface area contributed by atoms with Crippen LogP contribution in [0.15, 0.2) is 42.5 Å². The van der Waals surface area contributed by atoms with Gasteiger partial charge in [0.05, 0.1) is 0 Å². The Morgan fingerprint density at radius 1 is 1.09 bits per heavy atom. The molecule has 2 amide bonds. The van der Waals surface area contributed by atoms with Crippen LogP contribution in [0.5, 0.6) is 5.75 Å². The van der Waals surface area contributed by atoms with Crippen LogP contribution in [-0.4, -0.2) is 12.8 Å². The van der Waals surface area contributed by atoms with Crippen molar-refractivity contribution in [3.05, 3.63) is 64.2 Å². The van der Waals surface area contributed by atoms with Crippen molar-refractivity contribution < 1.29 is 9.53 Å². The second kappa shape index (κ2) is 7.71. The topological polar surface area (TPSA) is 50.4 Å². The van der Waals surface area contributed by atoms with Crippen LogP contribution in [0.1, 0.15) is 16.7 Å². The molecule has 0 unspecified atom stereocenters. The van der Waals surface area contributed by atoms with Gasteiger partial charge in [-0.3, -0.25) is 0 Å². The Hall–Kier alpha value is -2.20. The lowest BCUT2D eigenvalue weighted by Crippen LogP contribution is -2.37. The van der Waals surface area contributed by atoms with Gasteiger partial charge in [0.15, 0.2) is 6.73 Å². The third kappa shape index (κ3) is 4.67. The van der Waals surface area contributed by atoms with E-state index < -0.39 is 0 Å². The number of urea groups is 1. The third-order valence-corrected chi connectivity index (χ3v) is 3.77. The number of amides is 2. The van der Waals surface area contributed by atoms with Crippen molar-refractivity contribution in [1.29, 1.82) is 0 Å². The molecule has 2 N–H and O–H groups in total. The van der Waals surface area contributed by atoms with Gasteiger partial charge in [-0.2, -0.15) is 0 Å². The van der Waals surface area contributed by atoms with Gasteiger partial charge < -0.3 is 15.4 Å². The minimum atomic E-state index is -0.272. The SMILES string of the molecule is Cc1cc(OCNC(=O)NCc2ccccc2)cc(C)c1Cl. The second-order valence-corrected chi connectivity index (χ2v) is 5.38. The molecule has 0 bridgehead atoms. The average Bonchev–Trinajstić information content (AvgIpc) is 2.51. The fourth-order valence-electron chi connectivity index (χ4n) is 2.02. The van der Waals surface area contributed by atoms with Gasteiger partial charge >= 0.3 is 6.03 Å². The Bertz CT molecular complexity index is 621. The second-order valence-electron chi connectivity index (χ2n) is 5.00. The molecule has 0 saturated carbocycles. The lowest BCUT2D eigenvalue weighted by molar-refractivity contribution is 0.223. The lowest BCUT2D eigenvalue weighted by Gasteiger charge is -2.11. The summed E-state index contributed by atoms with van der Waals surface area (Å²) in [5.74, 6) is 0.683. The highest BCUT2D eigenvalue weighted by Crippen LogP contribution is 2.25. The minimum Gasteiger partial charge on any atom is -0.473 e. The highest BCUT2D eigenvalue weighted by Gasteiger charge is 2.04. The number of halogens is 1. The Morgan fingerprint density at radius 2 is 1.73 bits per heavy atom. The molecule has 0 radical (unpaired) electrons. The standard InChI is InChI=1S/C17H19ClN2O2/c1-12-8-15(9-13(2)16(12)18)22-11-20-17(21)19-10-14-6-4-3-5-7-14/h3-9H,10-11H2,1-2H3,(H2,19,20,21). The fraction of sp³-hybridized carbons (Fsp3) is 0.235. The first-order chi connectivity index (χ1) is 10.6. The number of ether oxygens (including phenoxy) is 1. The van der Waals surface area contributed by atoms with E-state index in [1.165, 1.54) is 0 Å². The van der Waals surface area contributed by atoms with Gasteiger partial charge in [-0.1, -0.05) is 41.9 Å². The van der Waals surface area contributed by atoms with Crippen molar-refractivity contribution >= 4 is 17.6 Å². The Morgan fingerprint density at radius 3 is 2.36 bits per heavy atom. The third-order valence-electron chi connectivity index (χ3n) is 3.18. The summed E-state index contributed by atoms with van der Waals surface area (Å²) in [5, 5.41) is 6.15. The normalized spacial score (nSPS) is 10.1. The Kier molecular flexibility index (Phi) is 5.67. The molecule has 0 aliphatic carbocycles. The number of carbonyl (C=O) groups excluding carboxylic acids is 1. The van der Waals surface area contributed by atoms with Crippen molar-refractivity contribution in [2.75, 3.05) is 6.73 Å². The van der Waals surface area contributed by atoms with Gasteiger partial charge in [0.2, 0.25) is 0 Å². The van der Waals surface area contributed by atoms with E-state index in [2.05, 4.69) is 10.6 Å². The molecule has 0 saturated heterocycles. The minimum absolute atomic E-state index is 0.0983. The Balaban J connectivity index is 1.75. The summed E-state index contributed by atoms with van der Waals surface area (Å²) in [6, 6.07) is 13.1. The molecule has 0 aliphatic rings. The van der Waals surface area contributed by atoms with Crippen LogP contribution in [0.3, 0.4) is 0 Å². The van der Waals surface area contributed by atoms with Crippen LogP contribution in [0.2, 0.25) is 5.02 Å². The Labute approximate surface area is 135 Å². The van der Waals surface area contributed by atoms with Gasteiger partial charge in [0.1, 0.15) is 5.75 Å². The van der Waals surface area contributed by atoms with Crippen LogP contribution >= 0.6 is 11.6 Å². The quantitative estimate of drug-likeness (QED) is 0.824. The van der Waals surface area contributed by atoms with Gasteiger partial charge in [0.25, 0.3) is 0 Å². The maximum atomic E-state index is 11.7. The molecule has 2 aromatic carbocycles. The predicted molar refractivity (Wildman–Crippen MR) is 88.2 cm³/mol. The largest absolute Gasteiger partial charge is 0.473 e. The molecule has 4 nitrogen and oxygen atoms in total. The highest BCUT2D eigenvalue weighted by molar-refractivity contribution is 6.32. The molecule has 5 heteroatoms. The number of hydrogen-bond donors (Lipinski definition) is 2. The molecule has 0 aliphatic heterocycles. The maximum Gasteiger partial charge on any atom is 0.317 e. The molecule has 0 fully saturated rings. The summed E-state index contributed by atoms with van der Waals surface area (Å²) in [6.07, 6.45) is 0. The van der Waals surface area contributed by atoms with E-state index in [-0.39, 0.29) is 12.8 Å². The molecule has 116 valence electrons. The average molecular weight is 319 g/mol. The fourth-order valence-corrected chi connectivity index (χ4v) is 2.12. The number of benzene rings is 2. The monoisotopic (exact) mass is 318 g/mol. The van der Waals surface area contributed by atoms with Crippen LogP contribution in [0.25, 0.3) is 0 Å². The summed E-state index contributed by atoms with van der Waals surface area (Å²) < 4.78 is 5.51. The first-order valence-electron chi connectivity index (χ1n) is 7.01. The van der Waals surface area contributed by atoms with Crippen molar-refractivity contribution in [2.45, 2.75) is 20.4 Å². The van der Waals surface area contributed by atoms with E-state index in [4.69, 9.17) is 16.3 Å². The van der Waals surface area contributed by atoms with Crippen LogP contribution in [0, 0.1) is 13.8 Å². The number of aryl methyl sites for hydroxylation is 2. The van der Waals surface area contributed by atoms with Crippen molar-refractivity contribution in [1.82, 2.24) is 10.6 Å². The summed E-state index contributed by atoms with van der Waals surface area (Å²) in [6.45, 7) is 4.41. The maximum absolute atomic E-state index is 11.7.